The molecule has 0 aromatic carbocycles. The van der Waals surface area contributed by atoms with Crippen molar-refractivity contribution in [1.82, 2.24) is 9.97 Å². The van der Waals surface area contributed by atoms with E-state index in [-0.39, 0.29) is 0 Å². The second-order valence-electron chi connectivity index (χ2n) is 3.45. The van der Waals surface area contributed by atoms with Crippen LogP contribution in [0.5, 0.6) is 0 Å². The predicted octanol–water partition coefficient (Wildman–Crippen LogP) is 1.15. The summed E-state index contributed by atoms with van der Waals surface area (Å²) in [6.07, 6.45) is 4.00. The van der Waals surface area contributed by atoms with Crippen molar-refractivity contribution < 1.29 is 4.74 Å². The molecule has 1 aromatic rings. The number of nitriles is 1. The fraction of sp³-hybridized carbons (Fsp3) is 0.545. The number of hydrogen-bond acceptors (Lipinski definition) is 5. The first-order chi connectivity index (χ1) is 7.77. The largest absolute Gasteiger partial charge is 0.383 e. The third-order valence-corrected chi connectivity index (χ3v) is 2.11. The molecule has 0 fully saturated rings. The summed E-state index contributed by atoms with van der Waals surface area (Å²) < 4.78 is 5.02. The van der Waals surface area contributed by atoms with Gasteiger partial charge in [0.05, 0.1) is 19.1 Å². The van der Waals surface area contributed by atoms with E-state index in [1.165, 1.54) is 0 Å². The molecular formula is C11H16N4O. The smallest absolute Gasteiger partial charge is 0.225 e. The summed E-state index contributed by atoms with van der Waals surface area (Å²) in [6, 6.07) is 2.12. The number of nitrogens with zero attached hydrogens (tertiary/aromatic N) is 4. The van der Waals surface area contributed by atoms with Crippen molar-refractivity contribution in [3.05, 3.63) is 18.0 Å². The number of aromatic nitrogens is 2. The lowest BCUT2D eigenvalue weighted by Gasteiger charge is -2.20. The minimum atomic E-state index is 0.459. The van der Waals surface area contributed by atoms with Crippen LogP contribution < -0.4 is 4.90 Å². The van der Waals surface area contributed by atoms with Crippen LogP contribution in [0.3, 0.4) is 0 Å². The number of rotatable bonds is 6. The van der Waals surface area contributed by atoms with Gasteiger partial charge in [0.1, 0.15) is 0 Å². The highest BCUT2D eigenvalue weighted by atomic mass is 16.5. The van der Waals surface area contributed by atoms with E-state index in [1.807, 2.05) is 11.8 Å². The third kappa shape index (κ3) is 3.83. The van der Waals surface area contributed by atoms with Crippen molar-refractivity contribution in [3.63, 3.8) is 0 Å². The zero-order valence-corrected chi connectivity index (χ0v) is 9.68. The monoisotopic (exact) mass is 220 g/mol. The predicted molar refractivity (Wildman–Crippen MR) is 61.1 cm³/mol. The van der Waals surface area contributed by atoms with Crippen LogP contribution in [0.15, 0.2) is 12.4 Å². The van der Waals surface area contributed by atoms with E-state index < -0.39 is 0 Å². The van der Waals surface area contributed by atoms with Gasteiger partial charge in [-0.15, -0.1) is 0 Å². The molecule has 0 spiro atoms. The minimum Gasteiger partial charge on any atom is -0.383 e. The van der Waals surface area contributed by atoms with Crippen LogP contribution in [-0.4, -0.2) is 36.8 Å². The minimum absolute atomic E-state index is 0.459. The van der Waals surface area contributed by atoms with Crippen LogP contribution in [0.25, 0.3) is 0 Å². The van der Waals surface area contributed by atoms with Gasteiger partial charge in [0, 0.05) is 32.6 Å². The van der Waals surface area contributed by atoms with Gasteiger partial charge in [0.2, 0.25) is 5.95 Å². The van der Waals surface area contributed by atoms with Crippen molar-refractivity contribution in [2.45, 2.75) is 13.3 Å². The van der Waals surface area contributed by atoms with E-state index in [2.05, 4.69) is 16.0 Å². The summed E-state index contributed by atoms with van der Waals surface area (Å²) in [7, 11) is 1.65. The number of aryl methyl sites for hydroxylation is 1. The third-order valence-electron chi connectivity index (χ3n) is 2.11. The Kier molecular flexibility index (Phi) is 5.23. The first-order valence-electron chi connectivity index (χ1n) is 5.17. The summed E-state index contributed by atoms with van der Waals surface area (Å²) in [5.41, 5.74) is 1.02. The molecule has 5 heteroatoms. The first kappa shape index (κ1) is 12.4. The van der Waals surface area contributed by atoms with Gasteiger partial charge >= 0.3 is 0 Å². The normalized spacial score (nSPS) is 9.81. The highest BCUT2D eigenvalue weighted by molar-refractivity contribution is 5.29. The molecule has 1 rings (SSSR count). The Morgan fingerprint density at radius 2 is 2.06 bits per heavy atom. The molecule has 86 valence electrons. The van der Waals surface area contributed by atoms with Gasteiger partial charge < -0.3 is 9.64 Å². The van der Waals surface area contributed by atoms with E-state index in [9.17, 15) is 0 Å². The van der Waals surface area contributed by atoms with Gasteiger partial charge in [0.25, 0.3) is 0 Å². The second kappa shape index (κ2) is 6.75. The Hall–Kier alpha value is -1.67. The summed E-state index contributed by atoms with van der Waals surface area (Å²) in [5, 5.41) is 8.58. The van der Waals surface area contributed by atoms with Crippen LogP contribution >= 0.6 is 0 Å². The van der Waals surface area contributed by atoms with E-state index in [0.717, 1.165) is 5.56 Å². The molecule has 0 aliphatic carbocycles. The SMILES string of the molecule is COCCN(CCC#N)c1ncc(C)cn1. The maximum absolute atomic E-state index is 8.58. The van der Waals surface area contributed by atoms with E-state index in [4.69, 9.17) is 10.00 Å². The molecule has 0 bridgehead atoms. The number of ether oxygens (including phenoxy) is 1. The van der Waals surface area contributed by atoms with Gasteiger partial charge in [-0.1, -0.05) is 0 Å². The van der Waals surface area contributed by atoms with Crippen LogP contribution in [0.2, 0.25) is 0 Å². The van der Waals surface area contributed by atoms with Crippen molar-refractivity contribution in [1.29, 1.82) is 5.26 Å². The lowest BCUT2D eigenvalue weighted by atomic mass is 10.4. The van der Waals surface area contributed by atoms with Gasteiger partial charge in [-0.3, -0.25) is 0 Å². The molecule has 0 aliphatic rings. The Balaban J connectivity index is 2.67. The molecule has 1 heterocycles. The van der Waals surface area contributed by atoms with Gasteiger partial charge in [-0.2, -0.15) is 5.26 Å². The summed E-state index contributed by atoms with van der Waals surface area (Å²) >= 11 is 0. The second-order valence-corrected chi connectivity index (χ2v) is 3.45. The Morgan fingerprint density at radius 3 is 2.62 bits per heavy atom. The van der Waals surface area contributed by atoms with Gasteiger partial charge in [-0.05, 0) is 12.5 Å². The molecule has 0 radical (unpaired) electrons. The molecule has 1 aromatic heterocycles. The van der Waals surface area contributed by atoms with E-state index in [1.54, 1.807) is 19.5 Å². The Labute approximate surface area is 95.7 Å². The molecule has 16 heavy (non-hydrogen) atoms. The molecular weight excluding hydrogens is 204 g/mol. The quantitative estimate of drug-likeness (QED) is 0.719. The van der Waals surface area contributed by atoms with Crippen LogP contribution in [0.4, 0.5) is 5.95 Å². The van der Waals surface area contributed by atoms with Crippen LogP contribution in [0, 0.1) is 18.3 Å². The van der Waals surface area contributed by atoms with Crippen molar-refractivity contribution in [2.75, 3.05) is 31.7 Å². The van der Waals surface area contributed by atoms with Crippen LogP contribution in [-0.2, 0) is 4.74 Å². The number of hydrogen-bond donors (Lipinski definition) is 0. The summed E-state index contributed by atoms with van der Waals surface area (Å²) in [6.45, 7) is 3.87. The molecule has 0 saturated heterocycles. The topological polar surface area (TPSA) is 62.0 Å². The molecule has 5 nitrogen and oxygen atoms in total. The van der Waals surface area contributed by atoms with E-state index >= 15 is 0 Å². The van der Waals surface area contributed by atoms with Crippen molar-refractivity contribution >= 4 is 5.95 Å². The summed E-state index contributed by atoms with van der Waals surface area (Å²) in [4.78, 5) is 10.4. The standard InChI is InChI=1S/C11H16N4O/c1-10-8-13-11(14-9-10)15(5-3-4-12)6-7-16-2/h8-9H,3,5-7H2,1-2H3. The van der Waals surface area contributed by atoms with Gasteiger partial charge in [0.15, 0.2) is 0 Å². The lowest BCUT2D eigenvalue weighted by molar-refractivity contribution is 0.205. The zero-order chi connectivity index (χ0) is 11.8. The van der Waals surface area contributed by atoms with E-state index in [0.29, 0.717) is 32.1 Å². The fourth-order valence-corrected chi connectivity index (χ4v) is 1.25. The molecule has 0 saturated carbocycles. The van der Waals surface area contributed by atoms with Crippen LogP contribution in [0.1, 0.15) is 12.0 Å². The Morgan fingerprint density at radius 1 is 1.38 bits per heavy atom. The lowest BCUT2D eigenvalue weighted by Crippen LogP contribution is -2.29. The highest BCUT2D eigenvalue weighted by Gasteiger charge is 2.08. The number of methoxy groups -OCH3 is 1. The zero-order valence-electron chi connectivity index (χ0n) is 9.68. The average molecular weight is 220 g/mol. The first-order valence-corrected chi connectivity index (χ1v) is 5.17. The molecule has 0 amide bonds. The van der Waals surface area contributed by atoms with Crippen molar-refractivity contribution in [3.8, 4) is 6.07 Å². The molecule has 0 atom stereocenters. The summed E-state index contributed by atoms with van der Waals surface area (Å²) in [5.74, 6) is 0.651. The fourth-order valence-electron chi connectivity index (χ4n) is 1.25. The molecule has 0 aliphatic heterocycles. The van der Waals surface area contributed by atoms with Gasteiger partial charge in [-0.25, -0.2) is 9.97 Å². The maximum atomic E-state index is 8.58. The Bertz CT molecular complexity index is 344. The average Bonchev–Trinajstić information content (AvgIpc) is 2.31. The van der Waals surface area contributed by atoms with Crippen molar-refractivity contribution in [2.24, 2.45) is 0 Å². The molecule has 0 unspecified atom stereocenters. The number of anilines is 1. The highest BCUT2D eigenvalue weighted by Crippen LogP contribution is 2.06. The maximum Gasteiger partial charge on any atom is 0.225 e. The molecule has 0 N–H and O–H groups in total.